The zero-order valence-electron chi connectivity index (χ0n) is 51.7. The van der Waals surface area contributed by atoms with E-state index >= 15 is 0 Å². The van der Waals surface area contributed by atoms with Crippen molar-refractivity contribution in [2.75, 3.05) is 0 Å². The first-order valence-electron chi connectivity index (χ1n) is 33.0. The van der Waals surface area contributed by atoms with Crippen LogP contribution in [0.15, 0.2) is 340 Å². The largest absolute Gasteiger partial charge is 0.0716 e. The number of allylic oxidation sites excluding steroid dienone is 2. The maximum Gasteiger partial charge on any atom is -0.00609 e. The van der Waals surface area contributed by atoms with Crippen LogP contribution >= 0.6 is 0 Å². The molecule has 2 aliphatic carbocycles. The average Bonchev–Trinajstić information content (AvgIpc) is 0.762. The summed E-state index contributed by atoms with van der Waals surface area (Å²) in [4.78, 5) is 0. The van der Waals surface area contributed by atoms with Crippen molar-refractivity contribution < 1.29 is 0 Å². The van der Waals surface area contributed by atoms with Crippen molar-refractivity contribution in [3.8, 4) is 44.5 Å². The molecule has 0 atom stereocenters. The Kier molecular flexibility index (Phi) is 12.5. The molecule has 0 amide bonds. The molecule has 0 saturated carbocycles. The van der Waals surface area contributed by atoms with Crippen LogP contribution in [0.3, 0.4) is 0 Å². The molecule has 0 aliphatic heterocycles. The third-order valence-corrected chi connectivity index (χ3v) is 20.5. The fraction of sp³-hybridized carbons (Fsp3) is 0.0213. The van der Waals surface area contributed by atoms with Crippen LogP contribution in [0.5, 0.6) is 0 Å². The zero-order valence-corrected chi connectivity index (χ0v) is 51.7. The lowest BCUT2D eigenvalue weighted by Gasteiger charge is -2.26. The van der Waals surface area contributed by atoms with Crippen LogP contribution in [0, 0.1) is 0 Å². The lowest BCUT2D eigenvalue weighted by molar-refractivity contribution is 1.23. The van der Waals surface area contributed by atoms with Crippen molar-refractivity contribution in [3.05, 3.63) is 373 Å². The van der Waals surface area contributed by atoms with E-state index in [2.05, 4.69) is 340 Å². The van der Waals surface area contributed by atoms with Gasteiger partial charge < -0.3 is 0 Å². The first kappa shape index (κ1) is 53.8. The van der Waals surface area contributed by atoms with Crippen molar-refractivity contribution in [2.24, 2.45) is 0 Å². The smallest absolute Gasteiger partial charge is 0.00609 e. The molecule has 0 saturated heterocycles. The Bertz CT molecular complexity index is 6220. The molecule has 0 aromatic heterocycles. The molecule has 0 spiro atoms. The van der Waals surface area contributed by atoms with Crippen molar-refractivity contribution in [2.45, 2.75) is 12.8 Å². The monoisotopic (exact) mass is 1190 g/mol. The molecule has 0 bridgehead atoms. The summed E-state index contributed by atoms with van der Waals surface area (Å²) in [5, 5.41) is 26.0. The maximum atomic E-state index is 2.44. The Balaban J connectivity index is 0.000000134. The molecule has 18 aromatic carbocycles. The molecule has 0 nitrogen and oxygen atoms in total. The van der Waals surface area contributed by atoms with Crippen LogP contribution < -0.4 is 0 Å². The summed E-state index contributed by atoms with van der Waals surface area (Å²) in [6.45, 7) is 0. The third kappa shape index (κ3) is 8.90. The number of rotatable bonds is 6. The van der Waals surface area contributed by atoms with Gasteiger partial charge >= 0.3 is 0 Å². The van der Waals surface area contributed by atoms with E-state index in [1.54, 1.807) is 0 Å². The summed E-state index contributed by atoms with van der Waals surface area (Å²) >= 11 is 0. The number of fused-ring (bicyclic) bond motifs is 14. The fourth-order valence-corrected chi connectivity index (χ4v) is 15.9. The van der Waals surface area contributed by atoms with Crippen molar-refractivity contribution in [1.29, 1.82) is 0 Å². The zero-order chi connectivity index (χ0) is 61.8. The summed E-state index contributed by atoms with van der Waals surface area (Å²) in [7, 11) is 0. The minimum absolute atomic E-state index is 0.959. The molecule has 2 aliphatic rings. The molecule has 0 radical (unpaired) electrons. The highest BCUT2D eigenvalue weighted by atomic mass is 14.3. The Labute approximate surface area is 545 Å². The van der Waals surface area contributed by atoms with E-state index in [1.165, 1.54) is 197 Å². The molecule has 436 valence electrons. The van der Waals surface area contributed by atoms with E-state index in [0.717, 1.165) is 12.8 Å². The van der Waals surface area contributed by atoms with Crippen LogP contribution in [0.25, 0.3) is 163 Å². The van der Waals surface area contributed by atoms with Gasteiger partial charge in [0.15, 0.2) is 0 Å². The molecule has 94 heavy (non-hydrogen) atoms. The Morgan fingerprint density at radius 3 is 1.00 bits per heavy atom. The summed E-state index contributed by atoms with van der Waals surface area (Å²) in [5.41, 5.74) is 20.8. The molecule has 18 aromatic rings. The molecule has 0 fully saturated rings. The minimum atomic E-state index is 0.959. The van der Waals surface area contributed by atoms with Gasteiger partial charge in [-0.2, -0.15) is 0 Å². The van der Waals surface area contributed by atoms with Crippen LogP contribution in [-0.4, -0.2) is 0 Å². The standard InChI is InChI=1S/C48H30.C46H30/c1-4-12-34-25-37(20-17-31(34)9-1)38-23-24-43-46(28-38)45(40-22-19-33-11-3-6-14-36(33)27-40)30-47-42-16-8-7-15-41(42)44(29-48(43)47)39-21-18-32-10-2-5-13-35(32)26-39;1-2-8-30(9-3-1)35-23-18-32-21-27-43-36(24-19-33-20-26-42(35)45(32)46(33)43)31-16-14-29(15-17-31)34-22-25-41-39-12-5-4-10-37(39)38-11-6-7-13-40(38)44(41)28-34/h1-30H;1-17,20-28H,18-19H2. The quantitative estimate of drug-likeness (QED) is 0.146. The van der Waals surface area contributed by atoms with Crippen LogP contribution in [-0.2, 0) is 12.8 Å². The van der Waals surface area contributed by atoms with Gasteiger partial charge in [0.25, 0.3) is 0 Å². The average molecular weight is 1190 g/mol. The Hall–Kier alpha value is -12.0. The van der Waals surface area contributed by atoms with Crippen molar-refractivity contribution in [3.63, 3.8) is 0 Å². The van der Waals surface area contributed by atoms with Gasteiger partial charge in [-0.1, -0.05) is 297 Å². The highest BCUT2D eigenvalue weighted by Gasteiger charge is 2.25. The van der Waals surface area contributed by atoms with E-state index in [-0.39, 0.29) is 0 Å². The minimum Gasteiger partial charge on any atom is -0.0716 e. The first-order valence-corrected chi connectivity index (χ1v) is 33.0. The van der Waals surface area contributed by atoms with E-state index in [4.69, 9.17) is 0 Å². The predicted octanol–water partition coefficient (Wildman–Crippen LogP) is 25.5. The second-order valence-electron chi connectivity index (χ2n) is 25.7. The fourth-order valence-electron chi connectivity index (χ4n) is 15.9. The molecule has 0 heterocycles. The molecule has 20 rings (SSSR count). The third-order valence-electron chi connectivity index (χ3n) is 20.5. The highest BCUT2D eigenvalue weighted by Crippen LogP contribution is 2.47. The lowest BCUT2D eigenvalue weighted by Crippen LogP contribution is -2.06. The number of hydrogen-bond donors (Lipinski definition) is 0. The summed E-state index contributed by atoms with van der Waals surface area (Å²) in [6.07, 6.45) is 6.77. The highest BCUT2D eigenvalue weighted by molar-refractivity contribution is 6.27. The van der Waals surface area contributed by atoms with Gasteiger partial charge in [-0.05, 0) is 252 Å². The van der Waals surface area contributed by atoms with Gasteiger partial charge in [-0.25, -0.2) is 0 Å². The van der Waals surface area contributed by atoms with Crippen molar-refractivity contribution in [1.82, 2.24) is 0 Å². The molecule has 0 N–H and O–H groups in total. The van der Waals surface area contributed by atoms with Gasteiger partial charge in [0.1, 0.15) is 0 Å². The van der Waals surface area contributed by atoms with Gasteiger partial charge in [0.05, 0.1) is 0 Å². The van der Waals surface area contributed by atoms with E-state index in [1.807, 2.05) is 0 Å². The molecule has 0 unspecified atom stereocenters. The number of benzene rings is 18. The van der Waals surface area contributed by atoms with Gasteiger partial charge in [-0.3, -0.25) is 0 Å². The Morgan fingerprint density at radius 2 is 0.479 bits per heavy atom. The lowest BCUT2D eigenvalue weighted by atomic mass is 9.78. The molecule has 0 heteroatoms. The van der Waals surface area contributed by atoms with Gasteiger partial charge in [-0.15, -0.1) is 0 Å². The summed E-state index contributed by atoms with van der Waals surface area (Å²) < 4.78 is 0. The Morgan fingerprint density at radius 1 is 0.160 bits per heavy atom. The van der Waals surface area contributed by atoms with Gasteiger partial charge in [0.2, 0.25) is 0 Å². The number of hydrogen-bond acceptors (Lipinski definition) is 0. The SMILES string of the molecule is C1=C(c2ccccc2)c2ccc3c4c(ccc(c24)C1)C(c1ccc(-c2ccc4c5ccccc5c5ccccc5c4c2)cc1)=CC3.c1ccc2cc(-c3ccc4c(c3)c(-c3ccc5ccccc5c3)cc3c5ccccc5c(-c5ccc6ccccc6c5)cc43)ccc2c1. The predicted molar refractivity (Wildman–Crippen MR) is 404 cm³/mol. The van der Waals surface area contributed by atoms with E-state index in [9.17, 15) is 0 Å². The van der Waals surface area contributed by atoms with E-state index in [0.29, 0.717) is 0 Å². The molecular formula is C94H60. The van der Waals surface area contributed by atoms with Gasteiger partial charge in [0, 0.05) is 0 Å². The summed E-state index contributed by atoms with van der Waals surface area (Å²) in [6, 6.07) is 121. The van der Waals surface area contributed by atoms with Crippen LogP contribution in [0.4, 0.5) is 0 Å². The molecular weight excluding hydrogens is 1130 g/mol. The maximum absolute atomic E-state index is 2.44. The van der Waals surface area contributed by atoms with E-state index < -0.39 is 0 Å². The second kappa shape index (κ2) is 21.9. The van der Waals surface area contributed by atoms with Crippen LogP contribution in [0.2, 0.25) is 0 Å². The van der Waals surface area contributed by atoms with Crippen LogP contribution in [0.1, 0.15) is 33.4 Å². The topological polar surface area (TPSA) is 0 Å². The summed E-state index contributed by atoms with van der Waals surface area (Å²) in [5.74, 6) is 0. The normalized spacial score (nSPS) is 12.7. The van der Waals surface area contributed by atoms with Crippen molar-refractivity contribution >= 4 is 119 Å². The first-order chi connectivity index (χ1) is 46.6. The second-order valence-corrected chi connectivity index (χ2v) is 25.7.